The van der Waals surface area contributed by atoms with Gasteiger partial charge in [-0.2, -0.15) is 0 Å². The minimum atomic E-state index is 0.0403. The monoisotopic (exact) mass is 292 g/mol. The van der Waals surface area contributed by atoms with Crippen molar-refractivity contribution < 1.29 is 9.53 Å². The average molecular weight is 292 g/mol. The van der Waals surface area contributed by atoms with Gasteiger partial charge < -0.3 is 15.1 Å². The number of ether oxygens (including phenoxy) is 1. The molecule has 1 aromatic rings. The van der Waals surface area contributed by atoms with Gasteiger partial charge in [0.25, 0.3) is 5.91 Å². The SMILES string of the molecule is CCOC1CCN(C(=O)c2cc(CC)nc(NN)c2)CC1. The van der Waals surface area contributed by atoms with E-state index in [-0.39, 0.29) is 12.0 Å². The van der Waals surface area contributed by atoms with E-state index in [1.54, 1.807) is 6.07 Å². The third-order valence-corrected chi connectivity index (χ3v) is 3.77. The lowest BCUT2D eigenvalue weighted by atomic mass is 10.1. The van der Waals surface area contributed by atoms with Crippen molar-refractivity contribution in [2.24, 2.45) is 5.84 Å². The smallest absolute Gasteiger partial charge is 0.254 e. The van der Waals surface area contributed by atoms with Crippen molar-refractivity contribution in [3.8, 4) is 0 Å². The molecule has 1 aromatic heterocycles. The number of likely N-dealkylation sites (tertiary alicyclic amines) is 1. The van der Waals surface area contributed by atoms with Crippen LogP contribution in [0.3, 0.4) is 0 Å². The second kappa shape index (κ2) is 7.38. The number of anilines is 1. The van der Waals surface area contributed by atoms with Crippen molar-refractivity contribution >= 4 is 11.7 Å². The highest BCUT2D eigenvalue weighted by atomic mass is 16.5. The fourth-order valence-electron chi connectivity index (χ4n) is 2.61. The molecule has 0 aliphatic carbocycles. The summed E-state index contributed by atoms with van der Waals surface area (Å²) in [6.45, 7) is 6.21. The van der Waals surface area contributed by atoms with Gasteiger partial charge in [0.05, 0.1) is 6.10 Å². The van der Waals surface area contributed by atoms with Crippen LogP contribution in [0.15, 0.2) is 12.1 Å². The molecule has 6 nitrogen and oxygen atoms in total. The van der Waals surface area contributed by atoms with Crippen LogP contribution >= 0.6 is 0 Å². The molecule has 3 N–H and O–H groups in total. The Kier molecular flexibility index (Phi) is 5.52. The van der Waals surface area contributed by atoms with Crippen LogP contribution in [-0.4, -0.2) is 41.6 Å². The molecule has 2 heterocycles. The molecule has 1 amide bonds. The lowest BCUT2D eigenvalue weighted by molar-refractivity contribution is 0.0146. The highest BCUT2D eigenvalue weighted by Gasteiger charge is 2.24. The number of piperidine rings is 1. The zero-order valence-corrected chi connectivity index (χ0v) is 12.8. The number of amides is 1. The molecule has 116 valence electrons. The minimum Gasteiger partial charge on any atom is -0.378 e. The Labute approximate surface area is 125 Å². The maximum atomic E-state index is 12.6. The van der Waals surface area contributed by atoms with Crippen molar-refractivity contribution in [2.45, 2.75) is 39.2 Å². The second-order valence-corrected chi connectivity index (χ2v) is 5.18. The highest BCUT2D eigenvalue weighted by Crippen LogP contribution is 2.18. The molecule has 1 fully saturated rings. The van der Waals surface area contributed by atoms with E-state index in [2.05, 4.69) is 10.4 Å². The summed E-state index contributed by atoms with van der Waals surface area (Å²) in [6.07, 6.45) is 2.84. The summed E-state index contributed by atoms with van der Waals surface area (Å²) < 4.78 is 5.62. The Bertz CT molecular complexity index is 462. The number of pyridine rings is 1. The minimum absolute atomic E-state index is 0.0403. The molecule has 0 saturated carbocycles. The van der Waals surface area contributed by atoms with E-state index in [0.29, 0.717) is 11.4 Å². The summed E-state index contributed by atoms with van der Waals surface area (Å²) >= 11 is 0. The largest absolute Gasteiger partial charge is 0.378 e. The summed E-state index contributed by atoms with van der Waals surface area (Å²) in [5.41, 5.74) is 4.02. The topological polar surface area (TPSA) is 80.5 Å². The summed E-state index contributed by atoms with van der Waals surface area (Å²) in [7, 11) is 0. The third kappa shape index (κ3) is 3.92. The fraction of sp³-hybridized carbons (Fsp3) is 0.600. The molecule has 0 radical (unpaired) electrons. The standard InChI is InChI=1S/C15H24N4O2/c1-3-12-9-11(10-14(17-12)18-16)15(20)19-7-5-13(6-8-19)21-4-2/h9-10,13H,3-8,16H2,1-2H3,(H,17,18). The van der Waals surface area contributed by atoms with Crippen LogP contribution in [-0.2, 0) is 11.2 Å². The summed E-state index contributed by atoms with van der Waals surface area (Å²) in [6, 6.07) is 3.55. The molecule has 0 aromatic carbocycles. The zero-order valence-electron chi connectivity index (χ0n) is 12.8. The molecule has 6 heteroatoms. The van der Waals surface area contributed by atoms with E-state index >= 15 is 0 Å². The maximum absolute atomic E-state index is 12.6. The van der Waals surface area contributed by atoms with E-state index in [9.17, 15) is 4.79 Å². The molecule has 0 spiro atoms. The summed E-state index contributed by atoms with van der Waals surface area (Å²) in [4.78, 5) is 18.8. The van der Waals surface area contributed by atoms with Crippen molar-refractivity contribution in [3.63, 3.8) is 0 Å². The molecule has 2 rings (SSSR count). The number of aryl methyl sites for hydroxylation is 1. The summed E-state index contributed by atoms with van der Waals surface area (Å²) in [5, 5.41) is 0. The molecule has 0 atom stereocenters. The predicted octanol–water partition coefficient (Wildman–Crippen LogP) is 1.57. The first-order chi connectivity index (χ1) is 10.2. The molecular formula is C15H24N4O2. The first-order valence-corrected chi connectivity index (χ1v) is 7.56. The molecule has 1 aliphatic rings. The first kappa shape index (κ1) is 15.7. The second-order valence-electron chi connectivity index (χ2n) is 5.18. The lowest BCUT2D eigenvalue weighted by Gasteiger charge is -2.32. The quantitative estimate of drug-likeness (QED) is 0.636. The average Bonchev–Trinajstić information content (AvgIpc) is 2.54. The number of hydrogen-bond donors (Lipinski definition) is 2. The molecule has 0 bridgehead atoms. The van der Waals surface area contributed by atoms with Crippen molar-refractivity contribution in [1.29, 1.82) is 0 Å². The Balaban J connectivity index is 2.06. The van der Waals surface area contributed by atoms with Gasteiger partial charge in [0.15, 0.2) is 0 Å². The van der Waals surface area contributed by atoms with Crippen molar-refractivity contribution in [2.75, 3.05) is 25.1 Å². The normalized spacial score (nSPS) is 16.0. The number of hydrazine groups is 1. The van der Waals surface area contributed by atoms with Gasteiger partial charge in [-0.3, -0.25) is 4.79 Å². The Morgan fingerprint density at radius 1 is 1.43 bits per heavy atom. The van der Waals surface area contributed by atoms with Crippen LogP contribution in [0.1, 0.15) is 42.7 Å². The Morgan fingerprint density at radius 3 is 2.71 bits per heavy atom. The van der Waals surface area contributed by atoms with Crippen LogP contribution in [0.2, 0.25) is 0 Å². The number of carbonyl (C=O) groups is 1. The van der Waals surface area contributed by atoms with E-state index in [1.165, 1.54) is 0 Å². The molecule has 1 saturated heterocycles. The predicted molar refractivity (Wildman–Crippen MR) is 82.0 cm³/mol. The van der Waals surface area contributed by atoms with Gasteiger partial charge in [-0.05, 0) is 38.3 Å². The highest BCUT2D eigenvalue weighted by molar-refractivity contribution is 5.95. The first-order valence-electron chi connectivity index (χ1n) is 7.56. The van der Waals surface area contributed by atoms with Crippen LogP contribution in [0.5, 0.6) is 0 Å². The number of nitrogen functional groups attached to an aromatic ring is 1. The number of rotatable bonds is 5. The lowest BCUT2D eigenvalue weighted by Crippen LogP contribution is -2.41. The van der Waals surface area contributed by atoms with Gasteiger partial charge in [-0.15, -0.1) is 0 Å². The van der Waals surface area contributed by atoms with Gasteiger partial charge in [-0.1, -0.05) is 6.92 Å². The number of carbonyl (C=O) groups excluding carboxylic acids is 1. The van der Waals surface area contributed by atoms with Crippen LogP contribution in [0, 0.1) is 0 Å². The Morgan fingerprint density at radius 2 is 2.14 bits per heavy atom. The van der Waals surface area contributed by atoms with Crippen LogP contribution in [0.4, 0.5) is 5.82 Å². The Hall–Kier alpha value is -1.66. The van der Waals surface area contributed by atoms with Crippen molar-refractivity contribution in [1.82, 2.24) is 9.88 Å². The summed E-state index contributed by atoms with van der Waals surface area (Å²) in [5.74, 6) is 5.99. The number of nitrogens with one attached hydrogen (secondary N) is 1. The third-order valence-electron chi connectivity index (χ3n) is 3.77. The van der Waals surface area contributed by atoms with Gasteiger partial charge >= 0.3 is 0 Å². The number of aromatic nitrogens is 1. The van der Waals surface area contributed by atoms with E-state index in [4.69, 9.17) is 10.6 Å². The fourth-order valence-corrected chi connectivity index (χ4v) is 2.61. The molecule has 1 aliphatic heterocycles. The van der Waals surface area contributed by atoms with E-state index < -0.39 is 0 Å². The van der Waals surface area contributed by atoms with Crippen LogP contribution in [0.25, 0.3) is 0 Å². The maximum Gasteiger partial charge on any atom is 0.254 e. The zero-order chi connectivity index (χ0) is 15.2. The van der Waals surface area contributed by atoms with Gasteiger partial charge in [0, 0.05) is 31.0 Å². The number of hydrogen-bond acceptors (Lipinski definition) is 5. The number of nitrogens with two attached hydrogens (primary N) is 1. The van der Waals surface area contributed by atoms with Gasteiger partial charge in [0.1, 0.15) is 5.82 Å². The van der Waals surface area contributed by atoms with Gasteiger partial charge in [-0.25, -0.2) is 10.8 Å². The molecule has 21 heavy (non-hydrogen) atoms. The van der Waals surface area contributed by atoms with Crippen molar-refractivity contribution in [3.05, 3.63) is 23.4 Å². The molecule has 0 unspecified atom stereocenters. The van der Waals surface area contributed by atoms with Gasteiger partial charge in [0.2, 0.25) is 0 Å². The molecular weight excluding hydrogens is 268 g/mol. The van der Waals surface area contributed by atoms with E-state index in [0.717, 1.165) is 44.7 Å². The number of nitrogens with zero attached hydrogens (tertiary/aromatic N) is 2. The van der Waals surface area contributed by atoms with Crippen LogP contribution < -0.4 is 11.3 Å². The van der Waals surface area contributed by atoms with E-state index in [1.807, 2.05) is 24.8 Å².